The molecule has 0 aromatic heterocycles. The number of hydrogen-bond donors (Lipinski definition) is 0. The van der Waals surface area contributed by atoms with Gasteiger partial charge in [0.05, 0.1) is 0 Å². The zero-order valence-electron chi connectivity index (χ0n) is 10.6. The molecule has 16 heavy (non-hydrogen) atoms. The van der Waals surface area contributed by atoms with Crippen LogP contribution in [0.2, 0.25) is 15.8 Å². The minimum absolute atomic E-state index is 0.929. The van der Waals surface area contributed by atoms with Gasteiger partial charge in [-0.1, -0.05) is 0 Å². The van der Waals surface area contributed by atoms with Gasteiger partial charge in [0.2, 0.25) is 0 Å². The van der Waals surface area contributed by atoms with Crippen LogP contribution in [0.3, 0.4) is 0 Å². The quantitative estimate of drug-likeness (QED) is 0.545. The maximum atomic E-state index is 5.63. The van der Waals surface area contributed by atoms with Gasteiger partial charge in [0.15, 0.2) is 0 Å². The third-order valence-corrected chi connectivity index (χ3v) is 14.1. The fourth-order valence-corrected chi connectivity index (χ4v) is 7.24. The Morgan fingerprint density at radius 2 is 1.56 bits per heavy atom. The predicted molar refractivity (Wildman–Crippen MR) is 73.4 cm³/mol. The molecule has 0 radical (unpaired) electrons. The fraction of sp³-hybridized carbons (Fsp3) is 0.429. The summed E-state index contributed by atoms with van der Waals surface area (Å²) in [4.78, 5) is 2.40. The van der Waals surface area contributed by atoms with Crippen LogP contribution in [-0.4, -0.2) is 13.3 Å². The minimum atomic E-state index is -1.69. The van der Waals surface area contributed by atoms with Crippen molar-refractivity contribution in [3.05, 3.63) is 41.5 Å². The second-order valence-electron chi connectivity index (χ2n) is 4.16. The van der Waals surface area contributed by atoms with Crippen LogP contribution in [0, 0.1) is 0 Å². The van der Waals surface area contributed by atoms with E-state index in [1.165, 1.54) is 15.8 Å². The van der Waals surface area contributed by atoms with Gasteiger partial charge in [-0.2, -0.15) is 0 Å². The summed E-state index contributed by atoms with van der Waals surface area (Å²) in [5, 5.41) is 4.05. The summed E-state index contributed by atoms with van der Waals surface area (Å²) < 4.78 is 5.63. The average molecular weight is 279 g/mol. The van der Waals surface area contributed by atoms with Crippen molar-refractivity contribution in [2.45, 2.75) is 36.5 Å². The van der Waals surface area contributed by atoms with Crippen molar-refractivity contribution in [1.29, 1.82) is 0 Å². The van der Waals surface area contributed by atoms with Crippen molar-refractivity contribution < 1.29 is 4.74 Å². The van der Waals surface area contributed by atoms with E-state index in [0.717, 1.165) is 5.75 Å². The van der Waals surface area contributed by atoms with E-state index in [4.69, 9.17) is 4.74 Å². The third kappa shape index (κ3) is 3.71. The van der Waals surface area contributed by atoms with Crippen LogP contribution in [-0.2, 0) is 0 Å². The molecule has 0 saturated heterocycles. The molecule has 0 amide bonds. The summed E-state index contributed by atoms with van der Waals surface area (Å²) in [6, 6.07) is 9.98. The second-order valence-corrected chi connectivity index (χ2v) is 15.0. The summed E-state index contributed by atoms with van der Waals surface area (Å²) in [6.07, 6.45) is 1.92. The zero-order valence-corrected chi connectivity index (χ0v) is 12.7. The summed E-state index contributed by atoms with van der Waals surface area (Å²) >= 11 is -1.69. The Bertz CT molecular complexity index is 307. The van der Waals surface area contributed by atoms with Crippen LogP contribution in [0.25, 0.3) is 0 Å². The first kappa shape index (κ1) is 13.4. The molecule has 1 aromatic rings. The van der Waals surface area contributed by atoms with Gasteiger partial charge in [0, 0.05) is 0 Å². The Hall–Kier alpha value is -0.697. The molecule has 1 aromatic carbocycles. The van der Waals surface area contributed by atoms with E-state index in [9.17, 15) is 0 Å². The Morgan fingerprint density at radius 1 is 1.00 bits per heavy atom. The van der Waals surface area contributed by atoms with Crippen LogP contribution in [0.1, 0.15) is 20.8 Å². The van der Waals surface area contributed by atoms with E-state index in [0.29, 0.717) is 0 Å². The molecule has 0 aliphatic rings. The van der Waals surface area contributed by atoms with Gasteiger partial charge in [0.1, 0.15) is 0 Å². The van der Waals surface area contributed by atoms with Gasteiger partial charge >= 0.3 is 102 Å². The molecule has 0 bridgehead atoms. The van der Waals surface area contributed by atoms with E-state index in [2.05, 4.69) is 25.7 Å². The van der Waals surface area contributed by atoms with E-state index < -0.39 is 13.3 Å². The summed E-state index contributed by atoms with van der Waals surface area (Å²) in [5.74, 6) is 0.929. The zero-order chi connectivity index (χ0) is 11.9. The standard InChI is InChI=1S/C14H22GeO/c1-4-15(5-2,6-3)12-13-16-14-10-8-7-9-11-14/h7-13H,4-6H2,1-3H3/b13-12-. The molecule has 0 heterocycles. The average Bonchev–Trinajstić information content (AvgIpc) is 2.37. The van der Waals surface area contributed by atoms with Crippen molar-refractivity contribution in [3.63, 3.8) is 0 Å². The summed E-state index contributed by atoms with van der Waals surface area (Å²) in [5.41, 5.74) is 0. The Morgan fingerprint density at radius 3 is 2.06 bits per heavy atom. The van der Waals surface area contributed by atoms with Crippen LogP contribution < -0.4 is 4.74 Å². The first-order chi connectivity index (χ1) is 7.76. The van der Waals surface area contributed by atoms with E-state index in [-0.39, 0.29) is 0 Å². The van der Waals surface area contributed by atoms with Crippen molar-refractivity contribution >= 4 is 13.3 Å². The molecule has 1 rings (SSSR count). The Labute approximate surface area is 102 Å². The number of hydrogen-bond acceptors (Lipinski definition) is 1. The number of ether oxygens (including phenoxy) is 1. The van der Waals surface area contributed by atoms with Crippen LogP contribution in [0.4, 0.5) is 0 Å². The van der Waals surface area contributed by atoms with Crippen molar-refractivity contribution in [3.8, 4) is 5.75 Å². The molecule has 0 aliphatic carbocycles. The maximum absolute atomic E-state index is 5.63. The van der Waals surface area contributed by atoms with Crippen molar-refractivity contribution in [2.75, 3.05) is 0 Å². The molecular weight excluding hydrogens is 257 g/mol. The molecule has 88 valence electrons. The third-order valence-electron chi connectivity index (χ3n) is 3.48. The molecule has 0 fully saturated rings. The van der Waals surface area contributed by atoms with Gasteiger partial charge in [-0.3, -0.25) is 0 Å². The molecule has 2 heteroatoms. The molecular formula is C14H22GeO. The van der Waals surface area contributed by atoms with E-state index in [1.807, 2.05) is 36.6 Å². The molecule has 0 unspecified atom stereocenters. The van der Waals surface area contributed by atoms with Gasteiger partial charge in [0.25, 0.3) is 0 Å². The van der Waals surface area contributed by atoms with Crippen LogP contribution in [0.15, 0.2) is 41.5 Å². The first-order valence-electron chi connectivity index (χ1n) is 6.15. The SMILES string of the molecule is C[CH2][Ge](/[CH]=C\Oc1ccccc1)([CH2]C)[CH2]C. The fourth-order valence-electron chi connectivity index (χ4n) is 1.86. The number of benzene rings is 1. The van der Waals surface area contributed by atoms with Gasteiger partial charge < -0.3 is 0 Å². The normalized spacial score (nSPS) is 11.9. The van der Waals surface area contributed by atoms with E-state index >= 15 is 0 Å². The van der Waals surface area contributed by atoms with Gasteiger partial charge in [-0.25, -0.2) is 0 Å². The molecule has 0 atom stereocenters. The number of para-hydroxylation sites is 1. The summed E-state index contributed by atoms with van der Waals surface area (Å²) in [6.45, 7) is 6.96. The van der Waals surface area contributed by atoms with Crippen LogP contribution >= 0.6 is 0 Å². The van der Waals surface area contributed by atoms with Crippen LogP contribution in [0.5, 0.6) is 5.75 Å². The summed E-state index contributed by atoms with van der Waals surface area (Å²) in [7, 11) is 0. The molecule has 0 spiro atoms. The van der Waals surface area contributed by atoms with Crippen molar-refractivity contribution in [1.82, 2.24) is 0 Å². The van der Waals surface area contributed by atoms with Gasteiger partial charge in [-0.05, 0) is 0 Å². The molecule has 0 saturated carbocycles. The van der Waals surface area contributed by atoms with Gasteiger partial charge in [-0.15, -0.1) is 0 Å². The first-order valence-corrected chi connectivity index (χ1v) is 11.8. The monoisotopic (exact) mass is 280 g/mol. The molecule has 1 nitrogen and oxygen atoms in total. The predicted octanol–water partition coefficient (Wildman–Crippen LogP) is 4.63. The second kappa shape index (κ2) is 6.79. The molecule has 0 N–H and O–H groups in total. The number of rotatable bonds is 6. The topological polar surface area (TPSA) is 9.23 Å². The molecule has 0 aliphatic heterocycles. The Balaban J connectivity index is 2.59. The Kier molecular flexibility index (Phi) is 5.68. The van der Waals surface area contributed by atoms with E-state index in [1.54, 1.807) is 0 Å². The van der Waals surface area contributed by atoms with Crippen molar-refractivity contribution in [2.24, 2.45) is 0 Å².